The van der Waals surface area contributed by atoms with Crippen molar-refractivity contribution in [2.24, 2.45) is 0 Å². The zero-order valence-corrected chi connectivity index (χ0v) is 16.8. The van der Waals surface area contributed by atoms with Gasteiger partial charge in [-0.1, -0.05) is 42.0 Å². The monoisotopic (exact) mass is 397 g/mol. The topological polar surface area (TPSA) is 55.8 Å². The van der Waals surface area contributed by atoms with Gasteiger partial charge in [-0.3, -0.25) is 14.5 Å². The van der Waals surface area contributed by atoms with Crippen LogP contribution in [0.4, 0.5) is 4.79 Å². The van der Waals surface area contributed by atoms with Crippen molar-refractivity contribution < 1.29 is 19.1 Å². The molecule has 2 aromatic rings. The predicted octanol–water partition coefficient (Wildman–Crippen LogP) is 4.65. The summed E-state index contributed by atoms with van der Waals surface area (Å²) in [5.74, 6) is 0.511. The minimum Gasteiger partial charge on any atom is -0.489 e. The first kappa shape index (κ1) is 20.2. The third kappa shape index (κ3) is 5.24. The zero-order valence-electron chi connectivity index (χ0n) is 16.0. The first-order valence-electron chi connectivity index (χ1n) is 9.09. The smallest absolute Gasteiger partial charge is 0.293 e. The van der Waals surface area contributed by atoms with Gasteiger partial charge in [-0.15, -0.1) is 0 Å². The van der Waals surface area contributed by atoms with Crippen molar-refractivity contribution in [2.45, 2.75) is 20.0 Å². The number of amides is 2. The zero-order chi connectivity index (χ0) is 19.9. The van der Waals surface area contributed by atoms with E-state index >= 15 is 0 Å². The fourth-order valence-electron chi connectivity index (χ4n) is 2.84. The highest BCUT2D eigenvalue weighted by Gasteiger charge is 2.34. The molecule has 0 saturated carbocycles. The molecule has 1 aliphatic rings. The molecule has 3 rings (SSSR count). The summed E-state index contributed by atoms with van der Waals surface area (Å²) in [6.45, 7) is 3.45. The van der Waals surface area contributed by atoms with Crippen molar-refractivity contribution in [2.75, 3.05) is 20.3 Å². The number of benzene rings is 2. The number of nitrogens with zero attached hydrogens (tertiary/aromatic N) is 1. The van der Waals surface area contributed by atoms with Gasteiger partial charge in [0.05, 0.1) is 4.91 Å². The average molecular weight is 397 g/mol. The van der Waals surface area contributed by atoms with E-state index in [1.807, 2.05) is 36.4 Å². The summed E-state index contributed by atoms with van der Waals surface area (Å²) < 4.78 is 10.8. The van der Waals surface area contributed by atoms with Crippen LogP contribution in [0.3, 0.4) is 0 Å². The molecule has 1 fully saturated rings. The third-order valence-electron chi connectivity index (χ3n) is 4.27. The van der Waals surface area contributed by atoms with Gasteiger partial charge in [0.1, 0.15) is 12.4 Å². The van der Waals surface area contributed by atoms with E-state index < -0.39 is 0 Å². The van der Waals surface area contributed by atoms with E-state index in [2.05, 4.69) is 19.1 Å². The first-order chi connectivity index (χ1) is 13.6. The largest absolute Gasteiger partial charge is 0.489 e. The molecule has 0 aliphatic carbocycles. The van der Waals surface area contributed by atoms with Crippen LogP contribution < -0.4 is 4.74 Å². The summed E-state index contributed by atoms with van der Waals surface area (Å²) in [4.78, 5) is 26.2. The Kier molecular flexibility index (Phi) is 6.90. The lowest BCUT2D eigenvalue weighted by Crippen LogP contribution is -2.29. The molecule has 0 atom stereocenters. The molecule has 28 heavy (non-hydrogen) atoms. The maximum atomic E-state index is 12.4. The van der Waals surface area contributed by atoms with E-state index in [-0.39, 0.29) is 11.1 Å². The Morgan fingerprint density at radius 3 is 2.61 bits per heavy atom. The SMILES string of the molecule is COCCCN1C(=O)S/C(=C/c2ccc(OCc3cccc(C)c3)cc2)C1=O. The van der Waals surface area contributed by atoms with E-state index in [1.165, 1.54) is 10.5 Å². The number of ether oxygens (including phenoxy) is 2. The van der Waals surface area contributed by atoms with Crippen LogP contribution in [0.25, 0.3) is 6.08 Å². The van der Waals surface area contributed by atoms with Crippen LogP contribution >= 0.6 is 11.8 Å². The molecule has 0 bridgehead atoms. The standard InChI is InChI=1S/C22H23NO4S/c1-16-5-3-6-18(13-16)15-27-19-9-7-17(8-10-19)14-20-21(24)23(22(25)28-20)11-4-12-26-2/h3,5-10,13-14H,4,11-12,15H2,1-2H3/b20-14+. The maximum Gasteiger partial charge on any atom is 0.293 e. The highest BCUT2D eigenvalue weighted by molar-refractivity contribution is 8.18. The molecule has 2 aromatic carbocycles. The van der Waals surface area contributed by atoms with Crippen LogP contribution in [0.1, 0.15) is 23.1 Å². The summed E-state index contributed by atoms with van der Waals surface area (Å²) in [6.07, 6.45) is 2.38. The highest BCUT2D eigenvalue weighted by atomic mass is 32.2. The second-order valence-electron chi connectivity index (χ2n) is 6.53. The van der Waals surface area contributed by atoms with Crippen LogP contribution in [0.2, 0.25) is 0 Å². The van der Waals surface area contributed by atoms with Crippen LogP contribution in [0.15, 0.2) is 53.4 Å². The van der Waals surface area contributed by atoms with Gasteiger partial charge in [-0.25, -0.2) is 0 Å². The van der Waals surface area contributed by atoms with E-state index in [9.17, 15) is 9.59 Å². The van der Waals surface area contributed by atoms with Gasteiger partial charge in [0, 0.05) is 20.3 Å². The number of aryl methyl sites for hydroxylation is 1. The molecule has 0 N–H and O–H groups in total. The molecule has 146 valence electrons. The van der Waals surface area contributed by atoms with Gasteiger partial charge < -0.3 is 9.47 Å². The number of imide groups is 1. The van der Waals surface area contributed by atoms with Gasteiger partial charge in [0.15, 0.2) is 0 Å². The van der Waals surface area contributed by atoms with Gasteiger partial charge in [-0.05, 0) is 54.4 Å². The number of thioether (sulfide) groups is 1. The molecule has 0 radical (unpaired) electrons. The molecule has 2 amide bonds. The Bertz CT molecular complexity index is 876. The van der Waals surface area contributed by atoms with Crippen molar-refractivity contribution in [3.8, 4) is 5.75 Å². The second-order valence-corrected chi connectivity index (χ2v) is 7.52. The van der Waals surface area contributed by atoms with Gasteiger partial charge in [0.25, 0.3) is 11.1 Å². The highest BCUT2D eigenvalue weighted by Crippen LogP contribution is 2.32. The molecule has 0 unspecified atom stereocenters. The van der Waals surface area contributed by atoms with E-state index in [1.54, 1.807) is 13.2 Å². The quantitative estimate of drug-likeness (QED) is 0.479. The van der Waals surface area contributed by atoms with Crippen molar-refractivity contribution in [3.05, 3.63) is 70.1 Å². The van der Waals surface area contributed by atoms with Crippen molar-refractivity contribution >= 4 is 29.0 Å². The van der Waals surface area contributed by atoms with E-state index in [0.29, 0.717) is 31.1 Å². The van der Waals surface area contributed by atoms with Crippen molar-refractivity contribution in [1.29, 1.82) is 0 Å². The second kappa shape index (κ2) is 9.57. The molecule has 5 nitrogen and oxygen atoms in total. The number of hydrogen-bond donors (Lipinski definition) is 0. The summed E-state index contributed by atoms with van der Waals surface area (Å²) in [5.41, 5.74) is 3.17. The summed E-state index contributed by atoms with van der Waals surface area (Å²) in [5, 5.41) is -0.231. The minimum atomic E-state index is -0.245. The summed E-state index contributed by atoms with van der Waals surface area (Å²) >= 11 is 0.974. The lowest BCUT2D eigenvalue weighted by atomic mass is 10.1. The van der Waals surface area contributed by atoms with Gasteiger partial charge in [0.2, 0.25) is 0 Å². The maximum absolute atomic E-state index is 12.4. The van der Waals surface area contributed by atoms with E-state index in [4.69, 9.17) is 9.47 Å². The van der Waals surface area contributed by atoms with Crippen LogP contribution in [0, 0.1) is 6.92 Å². The number of hydrogen-bond acceptors (Lipinski definition) is 5. The fourth-order valence-corrected chi connectivity index (χ4v) is 3.71. The average Bonchev–Trinajstić information content (AvgIpc) is 2.95. The Morgan fingerprint density at radius 2 is 1.89 bits per heavy atom. The molecular weight excluding hydrogens is 374 g/mol. The Labute approximate surface area is 169 Å². The van der Waals surface area contributed by atoms with Gasteiger partial charge in [-0.2, -0.15) is 0 Å². The molecule has 1 saturated heterocycles. The first-order valence-corrected chi connectivity index (χ1v) is 9.91. The normalized spacial score (nSPS) is 15.5. The van der Waals surface area contributed by atoms with Crippen molar-refractivity contribution in [3.63, 3.8) is 0 Å². The van der Waals surface area contributed by atoms with Crippen LogP contribution in [-0.2, 0) is 16.1 Å². The molecular formula is C22H23NO4S. The summed E-state index contributed by atoms with van der Waals surface area (Å²) in [7, 11) is 1.60. The fraction of sp³-hybridized carbons (Fsp3) is 0.273. The molecule has 1 aliphatic heterocycles. The summed E-state index contributed by atoms with van der Waals surface area (Å²) in [6, 6.07) is 15.7. The Balaban J connectivity index is 1.60. The lowest BCUT2D eigenvalue weighted by Gasteiger charge is -2.11. The lowest BCUT2D eigenvalue weighted by molar-refractivity contribution is -0.122. The van der Waals surface area contributed by atoms with Crippen LogP contribution in [0.5, 0.6) is 5.75 Å². The molecule has 6 heteroatoms. The Hall–Kier alpha value is -2.57. The van der Waals surface area contributed by atoms with Crippen LogP contribution in [-0.4, -0.2) is 36.3 Å². The van der Waals surface area contributed by atoms with Crippen molar-refractivity contribution in [1.82, 2.24) is 4.90 Å². The molecule has 1 heterocycles. The molecule has 0 spiro atoms. The number of rotatable bonds is 8. The minimum absolute atomic E-state index is 0.231. The van der Waals surface area contributed by atoms with Gasteiger partial charge >= 0.3 is 0 Å². The van der Waals surface area contributed by atoms with E-state index in [0.717, 1.165) is 28.6 Å². The number of carbonyl (C=O) groups excluding carboxylic acids is 2. The predicted molar refractivity (Wildman–Crippen MR) is 111 cm³/mol. The Morgan fingerprint density at radius 1 is 1.11 bits per heavy atom. The third-order valence-corrected chi connectivity index (χ3v) is 5.18. The molecule has 0 aromatic heterocycles. The number of carbonyl (C=O) groups is 2. The number of methoxy groups -OCH3 is 1.